The highest BCUT2D eigenvalue weighted by atomic mass is 32.2. The van der Waals surface area contributed by atoms with Gasteiger partial charge in [0.05, 0.1) is 36.8 Å². The lowest BCUT2D eigenvalue weighted by atomic mass is 10.1. The molecule has 1 aliphatic carbocycles. The Kier molecular flexibility index (Phi) is 6.75. The number of ether oxygens (including phenoxy) is 1. The topological polar surface area (TPSA) is 81.5 Å². The Morgan fingerprint density at radius 2 is 1.83 bits per heavy atom. The second kappa shape index (κ2) is 9.95. The van der Waals surface area contributed by atoms with Gasteiger partial charge in [0.2, 0.25) is 15.0 Å². The fourth-order valence-electron chi connectivity index (χ4n) is 4.71. The lowest BCUT2D eigenvalue weighted by Gasteiger charge is -2.25. The average molecular weight is 494 g/mol. The summed E-state index contributed by atoms with van der Waals surface area (Å²) in [6, 6.07) is 16.9. The molecule has 0 radical (unpaired) electrons. The minimum atomic E-state index is -3.69. The van der Waals surface area contributed by atoms with E-state index < -0.39 is 9.84 Å². The van der Waals surface area contributed by atoms with Gasteiger partial charge in [-0.1, -0.05) is 48.5 Å². The van der Waals surface area contributed by atoms with Gasteiger partial charge in [0, 0.05) is 18.2 Å². The largest absolute Gasteiger partial charge is 0.376 e. The molecule has 0 unspecified atom stereocenters. The maximum Gasteiger partial charge on any atom is 0.254 e. The summed E-state index contributed by atoms with van der Waals surface area (Å²) in [7, 11) is -3.69. The van der Waals surface area contributed by atoms with Crippen LogP contribution in [0, 0.1) is 6.92 Å². The van der Waals surface area contributed by atoms with E-state index in [0.717, 1.165) is 42.5 Å². The van der Waals surface area contributed by atoms with Gasteiger partial charge in [0.1, 0.15) is 0 Å². The number of sulfone groups is 1. The number of nitrogens with zero attached hydrogens (tertiary/aromatic N) is 3. The van der Waals surface area contributed by atoms with Crippen LogP contribution < -0.4 is 0 Å². The molecule has 3 aromatic rings. The Labute approximate surface area is 206 Å². The summed E-state index contributed by atoms with van der Waals surface area (Å²) in [6.07, 6.45) is 5.31. The monoisotopic (exact) mass is 493 g/mol. The summed E-state index contributed by atoms with van der Waals surface area (Å²) in [4.78, 5) is 19.8. The molecule has 2 aliphatic rings. The molecule has 2 aromatic carbocycles. The van der Waals surface area contributed by atoms with Crippen LogP contribution in [0.4, 0.5) is 0 Å². The third-order valence-corrected chi connectivity index (χ3v) is 8.34. The molecule has 1 saturated carbocycles. The molecule has 2 heterocycles. The lowest BCUT2D eigenvalue weighted by molar-refractivity contribution is 0.0717. The first kappa shape index (κ1) is 23.8. The summed E-state index contributed by atoms with van der Waals surface area (Å²) in [5.41, 5.74) is 3.06. The van der Waals surface area contributed by atoms with Gasteiger partial charge in [0.25, 0.3) is 5.91 Å². The van der Waals surface area contributed by atoms with E-state index in [1.165, 1.54) is 0 Å². The second-order valence-corrected chi connectivity index (χ2v) is 11.4. The number of hydrogen-bond donors (Lipinski definition) is 0. The van der Waals surface area contributed by atoms with E-state index in [-0.39, 0.29) is 29.0 Å². The average Bonchev–Trinajstić information content (AvgIpc) is 3.40. The lowest BCUT2D eigenvalue weighted by Crippen LogP contribution is -2.34. The van der Waals surface area contributed by atoms with Gasteiger partial charge in [0.15, 0.2) is 0 Å². The third kappa shape index (κ3) is 5.33. The molecule has 1 aromatic heterocycles. The summed E-state index contributed by atoms with van der Waals surface area (Å²) >= 11 is 0. The van der Waals surface area contributed by atoms with Crippen LogP contribution in [0.3, 0.4) is 0 Å². The van der Waals surface area contributed by atoms with E-state index in [1.54, 1.807) is 10.8 Å². The molecule has 0 N–H and O–H groups in total. The number of hydrogen-bond acceptors (Lipinski definition) is 5. The summed E-state index contributed by atoms with van der Waals surface area (Å²) in [5.74, 6) is -0.145. The first-order valence-electron chi connectivity index (χ1n) is 12.2. The number of rotatable bonds is 9. The zero-order valence-corrected chi connectivity index (χ0v) is 20.8. The normalized spacial score (nSPS) is 18.0. The number of carbonyl (C=O) groups is 1. The molecule has 0 spiro atoms. The van der Waals surface area contributed by atoms with Crippen molar-refractivity contribution in [3.05, 3.63) is 83.2 Å². The molecule has 35 heavy (non-hydrogen) atoms. The van der Waals surface area contributed by atoms with Crippen LogP contribution in [-0.2, 0) is 33.4 Å². The van der Waals surface area contributed by atoms with Gasteiger partial charge in [-0.3, -0.25) is 4.79 Å². The standard InChI is InChI=1S/C27H31N3O4S/c1-20-8-5-6-12-25(20)26(31)29(22-13-14-22)17-23-16-28-27(30(23)18-24-11-7-15-34-24)35(32,33)19-21-9-3-2-4-10-21/h2-6,8-10,12,16,22,24H,7,11,13-15,17-19H2,1H3/t24-/m0/s1. The van der Waals surface area contributed by atoms with Gasteiger partial charge in [-0.15, -0.1) is 0 Å². The molecule has 8 heteroatoms. The highest BCUT2D eigenvalue weighted by Gasteiger charge is 2.35. The van der Waals surface area contributed by atoms with Crippen LogP contribution in [0.5, 0.6) is 0 Å². The SMILES string of the molecule is Cc1ccccc1C(=O)N(Cc1cnc(S(=O)(=O)Cc2ccccc2)n1C[C@@H]1CCCO1)C1CC1. The third-order valence-electron chi connectivity index (χ3n) is 6.75. The zero-order chi connectivity index (χ0) is 24.4. The molecule has 1 atom stereocenters. The minimum absolute atomic E-state index is 0.0239. The summed E-state index contributed by atoms with van der Waals surface area (Å²) in [5, 5.41) is 0.0472. The predicted molar refractivity (Wildman–Crippen MR) is 133 cm³/mol. The highest BCUT2D eigenvalue weighted by molar-refractivity contribution is 7.90. The van der Waals surface area contributed by atoms with Crippen molar-refractivity contribution in [3.8, 4) is 0 Å². The second-order valence-electron chi connectivity index (χ2n) is 9.50. The molecular weight excluding hydrogens is 462 g/mol. The minimum Gasteiger partial charge on any atom is -0.376 e. The quantitative estimate of drug-likeness (QED) is 0.447. The van der Waals surface area contributed by atoms with Crippen molar-refractivity contribution in [1.29, 1.82) is 0 Å². The smallest absolute Gasteiger partial charge is 0.254 e. The molecule has 184 valence electrons. The molecule has 1 amide bonds. The van der Waals surface area contributed by atoms with Crippen LogP contribution >= 0.6 is 0 Å². The van der Waals surface area contributed by atoms with Gasteiger partial charge in [-0.25, -0.2) is 13.4 Å². The van der Waals surface area contributed by atoms with Crippen molar-refractivity contribution in [3.63, 3.8) is 0 Å². The van der Waals surface area contributed by atoms with Crippen molar-refractivity contribution in [2.45, 2.75) is 68.8 Å². The van der Waals surface area contributed by atoms with Gasteiger partial charge in [-0.05, 0) is 49.8 Å². The molecule has 2 fully saturated rings. The van der Waals surface area contributed by atoms with Crippen molar-refractivity contribution >= 4 is 15.7 Å². The van der Waals surface area contributed by atoms with Crippen LogP contribution in [0.2, 0.25) is 0 Å². The van der Waals surface area contributed by atoms with E-state index in [0.29, 0.717) is 25.3 Å². The number of aromatic nitrogens is 2. The molecule has 1 saturated heterocycles. The van der Waals surface area contributed by atoms with E-state index in [2.05, 4.69) is 4.98 Å². The summed E-state index contributed by atoms with van der Waals surface area (Å²) < 4.78 is 34.5. The molecule has 0 bridgehead atoms. The Hall–Kier alpha value is -2.97. The van der Waals surface area contributed by atoms with Crippen molar-refractivity contribution < 1.29 is 17.9 Å². The Morgan fingerprint density at radius 3 is 2.51 bits per heavy atom. The van der Waals surface area contributed by atoms with E-state index in [1.807, 2.05) is 66.4 Å². The van der Waals surface area contributed by atoms with Crippen molar-refractivity contribution in [1.82, 2.24) is 14.5 Å². The fraction of sp³-hybridized carbons (Fsp3) is 0.407. The Bertz CT molecular complexity index is 1290. The van der Waals surface area contributed by atoms with Crippen LogP contribution in [-0.4, -0.2) is 47.5 Å². The van der Waals surface area contributed by atoms with E-state index in [4.69, 9.17) is 4.74 Å². The van der Waals surface area contributed by atoms with E-state index >= 15 is 0 Å². The van der Waals surface area contributed by atoms with Crippen LogP contribution in [0.15, 0.2) is 66.0 Å². The number of aryl methyl sites for hydroxylation is 1. The zero-order valence-electron chi connectivity index (χ0n) is 20.0. The van der Waals surface area contributed by atoms with Crippen molar-refractivity contribution in [2.24, 2.45) is 0 Å². The Morgan fingerprint density at radius 1 is 1.09 bits per heavy atom. The maximum atomic E-state index is 13.5. The van der Waals surface area contributed by atoms with Crippen molar-refractivity contribution in [2.75, 3.05) is 6.61 Å². The fourth-order valence-corrected chi connectivity index (χ4v) is 6.21. The van der Waals surface area contributed by atoms with Gasteiger partial charge >= 0.3 is 0 Å². The van der Waals surface area contributed by atoms with Crippen LogP contribution in [0.1, 0.15) is 52.9 Å². The highest BCUT2D eigenvalue weighted by Crippen LogP contribution is 2.31. The number of carbonyl (C=O) groups excluding carboxylic acids is 1. The molecule has 1 aliphatic heterocycles. The number of amides is 1. The first-order valence-corrected chi connectivity index (χ1v) is 13.9. The van der Waals surface area contributed by atoms with Crippen LogP contribution in [0.25, 0.3) is 0 Å². The van der Waals surface area contributed by atoms with Gasteiger partial charge in [-0.2, -0.15) is 0 Å². The molecular formula is C27H31N3O4S. The van der Waals surface area contributed by atoms with Gasteiger partial charge < -0.3 is 14.2 Å². The molecule has 5 rings (SSSR count). The molecule has 7 nitrogen and oxygen atoms in total. The summed E-state index contributed by atoms with van der Waals surface area (Å²) in [6.45, 7) is 3.35. The predicted octanol–water partition coefficient (Wildman–Crippen LogP) is 4.15. The number of benzene rings is 2. The van der Waals surface area contributed by atoms with E-state index in [9.17, 15) is 13.2 Å². The number of imidazole rings is 1. The first-order chi connectivity index (χ1) is 16.9. The Balaban J connectivity index is 1.47. The maximum absolute atomic E-state index is 13.5.